The Kier molecular flexibility index (Phi) is 13.3. The van der Waals surface area contributed by atoms with Gasteiger partial charge in [-0.1, -0.05) is 323 Å². The minimum absolute atomic E-state index is 0.0188. The second-order valence-corrected chi connectivity index (χ2v) is 29.3. The lowest BCUT2D eigenvalue weighted by molar-refractivity contribution is 0.488. The molecule has 106 heavy (non-hydrogen) atoms. The highest BCUT2D eigenvalue weighted by molar-refractivity contribution is 6.23. The van der Waals surface area contributed by atoms with Crippen molar-refractivity contribution in [1.82, 2.24) is 0 Å². The number of fused-ring (bicyclic) bond motifs is 16. The average molecular weight is 1360 g/mol. The first kappa shape index (κ1) is 60.3. The van der Waals surface area contributed by atoms with Gasteiger partial charge in [0.1, 0.15) is 44.8 Å². The molecular weight excluding hydrogens is 1290 g/mol. The van der Waals surface area contributed by atoms with Gasteiger partial charge >= 0.3 is 0 Å². The summed E-state index contributed by atoms with van der Waals surface area (Å²) >= 11 is 0. The SMILES string of the molecule is CC1CC=Cc2c1oc1c(C3C=CC=CC3(C)c3c4ccccc4c(-c4ccc(-c5cccc6c5oc5cccc(-c7ccc8oc9c(-c%10cccc(-c%11c%12ccccc%12c(-c%12ccc(-c%13cccc%14c%13oc%13ccccc%13%14)cc%12)c%12ccccc%11%12)c%10)cccc9c8c7)c56)cc4)c4ccccc34)cccc21. The summed E-state index contributed by atoms with van der Waals surface area (Å²) in [5.74, 6) is 1.45. The molecule has 22 rings (SSSR count). The molecule has 3 atom stereocenters. The molecule has 0 fully saturated rings. The van der Waals surface area contributed by atoms with Gasteiger partial charge in [-0.3, -0.25) is 0 Å². The van der Waals surface area contributed by atoms with Gasteiger partial charge in [-0.05, 0) is 147 Å². The van der Waals surface area contributed by atoms with Gasteiger partial charge in [0.2, 0.25) is 0 Å². The van der Waals surface area contributed by atoms with Crippen LogP contribution in [0.1, 0.15) is 54.6 Å². The van der Waals surface area contributed by atoms with Crippen molar-refractivity contribution in [1.29, 1.82) is 0 Å². The molecule has 498 valence electrons. The lowest BCUT2D eigenvalue weighted by Gasteiger charge is -2.38. The summed E-state index contributed by atoms with van der Waals surface area (Å²) in [7, 11) is 0. The van der Waals surface area contributed by atoms with E-state index in [9.17, 15) is 0 Å². The van der Waals surface area contributed by atoms with Crippen LogP contribution in [-0.4, -0.2) is 0 Å². The summed E-state index contributed by atoms with van der Waals surface area (Å²) < 4.78 is 27.4. The van der Waals surface area contributed by atoms with Gasteiger partial charge in [-0.15, -0.1) is 0 Å². The monoisotopic (exact) mass is 1350 g/mol. The van der Waals surface area contributed by atoms with E-state index in [2.05, 4.69) is 341 Å². The van der Waals surface area contributed by atoms with Crippen LogP contribution in [-0.2, 0) is 5.41 Å². The molecule has 0 spiro atoms. The first-order valence-corrected chi connectivity index (χ1v) is 36.9. The Morgan fingerprint density at radius 1 is 0.311 bits per heavy atom. The number of hydrogen-bond donors (Lipinski definition) is 0. The van der Waals surface area contributed by atoms with E-state index in [1.807, 2.05) is 12.1 Å². The molecule has 4 heteroatoms. The third-order valence-corrected chi connectivity index (χ3v) is 23.4. The maximum absolute atomic E-state index is 7.02. The Bertz CT molecular complexity index is 7090. The van der Waals surface area contributed by atoms with Crippen molar-refractivity contribution < 1.29 is 17.7 Å². The molecule has 16 aromatic carbocycles. The first-order valence-electron chi connectivity index (χ1n) is 36.9. The summed E-state index contributed by atoms with van der Waals surface area (Å²) in [6.45, 7) is 4.70. The van der Waals surface area contributed by atoms with E-state index in [4.69, 9.17) is 17.7 Å². The quantitative estimate of drug-likeness (QED) is 0.135. The van der Waals surface area contributed by atoms with Crippen LogP contribution >= 0.6 is 0 Å². The molecule has 0 bridgehead atoms. The van der Waals surface area contributed by atoms with Crippen LogP contribution < -0.4 is 0 Å². The number of hydrogen-bond acceptors (Lipinski definition) is 4. The topological polar surface area (TPSA) is 52.6 Å². The van der Waals surface area contributed by atoms with Crippen LogP contribution in [0.2, 0.25) is 0 Å². The minimum Gasteiger partial charge on any atom is -0.460 e. The fourth-order valence-corrected chi connectivity index (χ4v) is 18.6. The Balaban J connectivity index is 0.596. The van der Waals surface area contributed by atoms with Crippen LogP contribution in [0.5, 0.6) is 0 Å². The molecule has 4 nitrogen and oxygen atoms in total. The molecule has 0 saturated heterocycles. The summed E-state index contributed by atoms with van der Waals surface area (Å²) in [5, 5.41) is 17.5. The Labute approximate surface area is 611 Å². The number of furan rings is 4. The van der Waals surface area contributed by atoms with E-state index in [1.54, 1.807) is 0 Å². The molecule has 0 N–H and O–H groups in total. The number of benzene rings is 16. The van der Waals surface area contributed by atoms with Crippen molar-refractivity contribution in [2.75, 3.05) is 0 Å². The van der Waals surface area contributed by atoms with Gasteiger partial charge in [0.15, 0.2) is 0 Å². The van der Waals surface area contributed by atoms with Gasteiger partial charge in [-0.2, -0.15) is 0 Å². The largest absolute Gasteiger partial charge is 0.460 e. The molecule has 2 aliphatic rings. The zero-order valence-electron chi connectivity index (χ0n) is 58.3. The maximum Gasteiger partial charge on any atom is 0.143 e. The standard InChI is InChI=1S/C102H66O4/c1-60-22-15-38-82-83-40-20-42-85(101(83)106-97(60)82)88-44-13-14-57-102(88,2)96-79-32-9-7-30-77(79)93(78-31-8-10-33-80(78)96)64-53-49-62(50-54-64)70-36-19-43-86-95-68(34-21-46-91(95)105-100(70)86)66-55-56-90-87(59-66)84-41-18-37-71(99(84)104-90)65-23-16-24-67(58-65)94-75-28-5-3-26-73(75)92(74-27-4-6-29-76(74)94)63-51-47-61(48-52-63)69-35-17-39-81-72-25-11-12-45-89(72)103-98(69)81/h3-21,23-60,88H,22H2,1-2H3. The summed E-state index contributed by atoms with van der Waals surface area (Å²) in [6, 6.07) is 111. The summed E-state index contributed by atoms with van der Waals surface area (Å²) in [5.41, 5.74) is 25.4. The third-order valence-electron chi connectivity index (χ3n) is 23.4. The van der Waals surface area contributed by atoms with Crippen LogP contribution in [0.3, 0.4) is 0 Å². The van der Waals surface area contributed by atoms with E-state index in [0.29, 0.717) is 5.92 Å². The Hall–Kier alpha value is -13.3. The fourth-order valence-electron chi connectivity index (χ4n) is 18.6. The van der Waals surface area contributed by atoms with E-state index in [1.165, 1.54) is 81.9 Å². The molecule has 4 heterocycles. The second kappa shape index (κ2) is 23.4. The van der Waals surface area contributed by atoms with Crippen LogP contribution in [0.15, 0.2) is 351 Å². The smallest absolute Gasteiger partial charge is 0.143 e. The van der Waals surface area contributed by atoms with Crippen molar-refractivity contribution >= 4 is 126 Å². The molecule has 20 aromatic rings. The molecule has 0 aliphatic heterocycles. The number of para-hydroxylation sites is 5. The Morgan fingerprint density at radius 2 is 0.745 bits per heavy atom. The number of rotatable bonds is 9. The molecular formula is C102H66O4. The predicted octanol–water partition coefficient (Wildman–Crippen LogP) is 29.1. The van der Waals surface area contributed by atoms with Crippen molar-refractivity contribution in [3.63, 3.8) is 0 Å². The molecule has 3 unspecified atom stereocenters. The summed E-state index contributed by atoms with van der Waals surface area (Å²) in [6.07, 6.45) is 14.8. The van der Waals surface area contributed by atoms with Crippen LogP contribution in [0.25, 0.3) is 204 Å². The highest BCUT2D eigenvalue weighted by atomic mass is 16.3. The first-order chi connectivity index (χ1) is 52.4. The van der Waals surface area contributed by atoms with Crippen molar-refractivity contribution in [3.8, 4) is 77.9 Å². The molecule has 0 saturated carbocycles. The Morgan fingerprint density at radius 3 is 1.39 bits per heavy atom. The number of allylic oxidation sites excluding steroid dienone is 5. The van der Waals surface area contributed by atoms with E-state index in [0.717, 1.165) is 145 Å². The molecule has 4 aromatic heterocycles. The van der Waals surface area contributed by atoms with Gasteiger partial charge in [-0.25, -0.2) is 0 Å². The predicted molar refractivity (Wildman–Crippen MR) is 443 cm³/mol. The van der Waals surface area contributed by atoms with E-state index in [-0.39, 0.29) is 5.92 Å². The fraction of sp³-hybridized carbons (Fsp3) is 0.0588. The molecule has 0 radical (unpaired) electrons. The lowest BCUT2D eigenvalue weighted by atomic mass is 9.64. The van der Waals surface area contributed by atoms with E-state index >= 15 is 0 Å². The van der Waals surface area contributed by atoms with Gasteiger partial charge in [0.25, 0.3) is 0 Å². The zero-order valence-corrected chi connectivity index (χ0v) is 58.3. The van der Waals surface area contributed by atoms with E-state index < -0.39 is 5.41 Å². The normalized spacial score (nSPS) is 15.9. The van der Waals surface area contributed by atoms with Crippen LogP contribution in [0, 0.1) is 0 Å². The van der Waals surface area contributed by atoms with Crippen molar-refractivity contribution in [3.05, 3.63) is 356 Å². The maximum atomic E-state index is 7.02. The minimum atomic E-state index is -0.415. The highest BCUT2D eigenvalue weighted by Gasteiger charge is 2.40. The molecule has 2 aliphatic carbocycles. The van der Waals surface area contributed by atoms with Crippen molar-refractivity contribution in [2.24, 2.45) is 0 Å². The van der Waals surface area contributed by atoms with Crippen LogP contribution in [0.4, 0.5) is 0 Å². The highest BCUT2D eigenvalue weighted by Crippen LogP contribution is 2.54. The summed E-state index contributed by atoms with van der Waals surface area (Å²) in [4.78, 5) is 0. The molecule has 0 amide bonds. The third kappa shape index (κ3) is 9.01. The van der Waals surface area contributed by atoms with Crippen molar-refractivity contribution in [2.45, 2.75) is 37.5 Å². The van der Waals surface area contributed by atoms with Gasteiger partial charge in [0.05, 0.1) is 0 Å². The second-order valence-electron chi connectivity index (χ2n) is 29.3. The van der Waals surface area contributed by atoms with Gasteiger partial charge in [0, 0.05) is 82.8 Å². The zero-order chi connectivity index (χ0) is 69.9. The lowest BCUT2D eigenvalue weighted by Crippen LogP contribution is -2.29. The average Bonchev–Trinajstić information content (AvgIpc) is 1.09. The van der Waals surface area contributed by atoms with Gasteiger partial charge < -0.3 is 17.7 Å².